The van der Waals surface area contributed by atoms with Crippen molar-refractivity contribution in [2.75, 3.05) is 17.2 Å². The maximum atomic E-state index is 12.6. The first-order valence-corrected chi connectivity index (χ1v) is 11.4. The fraction of sp³-hybridized carbons (Fsp3) is 0.0800. The third kappa shape index (κ3) is 7.04. The van der Waals surface area contributed by atoms with Gasteiger partial charge in [0.1, 0.15) is 17.4 Å². The van der Waals surface area contributed by atoms with Gasteiger partial charge in [-0.3, -0.25) is 9.59 Å². The van der Waals surface area contributed by atoms with E-state index in [9.17, 15) is 14.9 Å². The summed E-state index contributed by atoms with van der Waals surface area (Å²) < 4.78 is 7.03. The number of nitrogens with zero attached hydrogens (tertiary/aromatic N) is 1. The van der Waals surface area contributed by atoms with Crippen LogP contribution in [0.3, 0.4) is 0 Å². The largest absolute Gasteiger partial charge is 0.482 e. The first-order chi connectivity index (χ1) is 15.9. The van der Waals surface area contributed by atoms with Gasteiger partial charge in [0.2, 0.25) is 0 Å². The molecule has 33 heavy (non-hydrogen) atoms. The molecule has 0 aliphatic heterocycles. The molecule has 166 valence electrons. The molecular weight excluding hydrogens is 550 g/mol. The van der Waals surface area contributed by atoms with E-state index < -0.39 is 5.91 Å². The third-order valence-corrected chi connectivity index (χ3v) is 5.46. The molecule has 0 aliphatic carbocycles. The minimum atomic E-state index is -0.553. The van der Waals surface area contributed by atoms with Crippen molar-refractivity contribution in [2.45, 2.75) is 6.92 Å². The van der Waals surface area contributed by atoms with Gasteiger partial charge in [0.15, 0.2) is 6.61 Å². The van der Waals surface area contributed by atoms with Crippen molar-refractivity contribution < 1.29 is 14.3 Å². The van der Waals surface area contributed by atoms with Crippen LogP contribution >= 0.6 is 31.9 Å². The van der Waals surface area contributed by atoms with Crippen molar-refractivity contribution in [2.24, 2.45) is 0 Å². The summed E-state index contributed by atoms with van der Waals surface area (Å²) in [6.45, 7) is 1.71. The Morgan fingerprint density at radius 3 is 2.33 bits per heavy atom. The van der Waals surface area contributed by atoms with Gasteiger partial charge < -0.3 is 15.4 Å². The number of para-hydroxylation sites is 1. The van der Waals surface area contributed by atoms with Crippen LogP contribution in [0.1, 0.15) is 11.1 Å². The van der Waals surface area contributed by atoms with Crippen LogP contribution in [-0.4, -0.2) is 18.4 Å². The summed E-state index contributed by atoms with van der Waals surface area (Å²) in [6, 6.07) is 21.6. The number of anilines is 2. The zero-order valence-electron chi connectivity index (χ0n) is 17.6. The molecule has 0 saturated heterocycles. The molecular formula is C25H19Br2N3O3. The van der Waals surface area contributed by atoms with Crippen LogP contribution in [0.5, 0.6) is 5.75 Å². The van der Waals surface area contributed by atoms with Crippen LogP contribution < -0.4 is 15.4 Å². The summed E-state index contributed by atoms with van der Waals surface area (Å²) >= 11 is 6.83. The van der Waals surface area contributed by atoms with Gasteiger partial charge in [-0.1, -0.05) is 51.8 Å². The minimum absolute atomic E-state index is 0.113. The van der Waals surface area contributed by atoms with E-state index in [1.165, 1.54) is 6.08 Å². The summed E-state index contributed by atoms with van der Waals surface area (Å²) in [6.07, 6.45) is 1.42. The monoisotopic (exact) mass is 567 g/mol. The smallest absolute Gasteiger partial charge is 0.266 e. The molecule has 0 atom stereocenters. The van der Waals surface area contributed by atoms with Crippen LogP contribution in [0.25, 0.3) is 6.08 Å². The van der Waals surface area contributed by atoms with Gasteiger partial charge in [0.25, 0.3) is 11.8 Å². The van der Waals surface area contributed by atoms with Crippen molar-refractivity contribution in [3.8, 4) is 11.8 Å². The predicted octanol–water partition coefficient (Wildman–Crippen LogP) is 6.08. The lowest BCUT2D eigenvalue weighted by Crippen LogP contribution is -2.20. The van der Waals surface area contributed by atoms with Crippen molar-refractivity contribution in [3.05, 3.63) is 92.4 Å². The van der Waals surface area contributed by atoms with Crippen LogP contribution in [-0.2, 0) is 9.59 Å². The molecule has 0 bridgehead atoms. The Bertz CT molecular complexity index is 1230. The van der Waals surface area contributed by atoms with Gasteiger partial charge in [-0.15, -0.1) is 0 Å². The molecule has 0 radical (unpaired) electrons. The van der Waals surface area contributed by atoms with Crippen LogP contribution in [0, 0.1) is 18.3 Å². The molecule has 8 heteroatoms. The Hall–Kier alpha value is -3.41. The number of hydrogen-bond donors (Lipinski definition) is 2. The Morgan fingerprint density at radius 1 is 1.00 bits per heavy atom. The molecule has 0 fully saturated rings. The van der Waals surface area contributed by atoms with E-state index in [1.807, 2.05) is 43.3 Å². The standard InChI is InChI=1S/C25H19Br2N3O3/c1-16-7-9-21(10-8-16)29-23(31)15-33-24-17(12-19(26)13-22(24)27)11-18(14-28)25(32)30-20-5-3-2-4-6-20/h2-13H,15H2,1H3,(H,29,31)(H,30,32)/b18-11+. The lowest BCUT2D eigenvalue weighted by atomic mass is 10.1. The molecule has 3 rings (SSSR count). The van der Waals surface area contributed by atoms with Gasteiger partial charge in [0.05, 0.1) is 4.47 Å². The first-order valence-electron chi connectivity index (χ1n) is 9.82. The number of carbonyl (C=O) groups excluding carboxylic acids is 2. The quantitative estimate of drug-likeness (QED) is 0.267. The highest BCUT2D eigenvalue weighted by atomic mass is 79.9. The van der Waals surface area contributed by atoms with E-state index in [0.29, 0.717) is 31.6 Å². The molecule has 0 spiro atoms. The molecule has 0 heterocycles. The van der Waals surface area contributed by atoms with Crippen LogP contribution in [0.4, 0.5) is 11.4 Å². The molecule has 0 saturated carbocycles. The molecule has 3 aromatic carbocycles. The number of halogens is 2. The van der Waals surface area contributed by atoms with Crippen molar-refractivity contribution >= 4 is 61.1 Å². The topological polar surface area (TPSA) is 91.2 Å². The van der Waals surface area contributed by atoms with Gasteiger partial charge in [-0.25, -0.2) is 0 Å². The Kier molecular flexibility index (Phi) is 8.41. The number of hydrogen-bond acceptors (Lipinski definition) is 4. The first kappa shape index (κ1) is 24.2. The number of benzene rings is 3. The van der Waals surface area contributed by atoms with Crippen molar-refractivity contribution in [3.63, 3.8) is 0 Å². The highest BCUT2D eigenvalue weighted by Crippen LogP contribution is 2.34. The molecule has 2 amide bonds. The fourth-order valence-electron chi connectivity index (χ4n) is 2.84. The minimum Gasteiger partial charge on any atom is -0.482 e. The van der Waals surface area contributed by atoms with Crippen LogP contribution in [0.15, 0.2) is 81.2 Å². The number of aryl methyl sites for hydroxylation is 1. The van der Waals surface area contributed by atoms with E-state index in [4.69, 9.17) is 4.74 Å². The average Bonchev–Trinajstić information content (AvgIpc) is 2.78. The Labute approximate surface area is 208 Å². The molecule has 3 aromatic rings. The van der Waals surface area contributed by atoms with Crippen molar-refractivity contribution in [1.82, 2.24) is 0 Å². The molecule has 2 N–H and O–H groups in total. The molecule has 6 nitrogen and oxygen atoms in total. The molecule has 0 unspecified atom stereocenters. The van der Waals surface area contributed by atoms with Gasteiger partial charge in [-0.05, 0) is 65.3 Å². The Balaban J connectivity index is 1.79. The van der Waals surface area contributed by atoms with Crippen molar-refractivity contribution in [1.29, 1.82) is 5.26 Å². The maximum Gasteiger partial charge on any atom is 0.266 e. The molecule has 0 aliphatic rings. The van der Waals surface area contributed by atoms with E-state index in [2.05, 4.69) is 42.5 Å². The third-order valence-electron chi connectivity index (χ3n) is 4.42. The van der Waals surface area contributed by atoms with Gasteiger partial charge in [0, 0.05) is 21.4 Å². The zero-order chi connectivity index (χ0) is 23.8. The number of ether oxygens (including phenoxy) is 1. The second-order valence-corrected chi connectivity index (χ2v) is 8.77. The second-order valence-electron chi connectivity index (χ2n) is 7.00. The lowest BCUT2D eigenvalue weighted by Gasteiger charge is -2.13. The highest BCUT2D eigenvalue weighted by molar-refractivity contribution is 9.11. The summed E-state index contributed by atoms with van der Waals surface area (Å²) in [5.74, 6) is -0.564. The summed E-state index contributed by atoms with van der Waals surface area (Å²) in [4.78, 5) is 24.9. The van der Waals surface area contributed by atoms with E-state index in [1.54, 1.807) is 36.4 Å². The normalized spacial score (nSPS) is 10.8. The maximum absolute atomic E-state index is 12.6. The van der Waals surface area contributed by atoms with Crippen LogP contribution in [0.2, 0.25) is 0 Å². The number of carbonyl (C=O) groups is 2. The van der Waals surface area contributed by atoms with E-state index in [0.717, 1.165) is 5.56 Å². The van der Waals surface area contributed by atoms with E-state index in [-0.39, 0.29) is 18.1 Å². The summed E-state index contributed by atoms with van der Waals surface area (Å²) in [7, 11) is 0. The number of rotatable bonds is 7. The molecule has 0 aromatic heterocycles. The summed E-state index contributed by atoms with van der Waals surface area (Å²) in [5.41, 5.74) is 2.66. The zero-order valence-corrected chi connectivity index (χ0v) is 20.7. The van der Waals surface area contributed by atoms with E-state index >= 15 is 0 Å². The average molecular weight is 569 g/mol. The number of amides is 2. The summed E-state index contributed by atoms with van der Waals surface area (Å²) in [5, 5.41) is 15.0. The predicted molar refractivity (Wildman–Crippen MR) is 136 cm³/mol. The highest BCUT2D eigenvalue weighted by Gasteiger charge is 2.15. The number of nitriles is 1. The van der Waals surface area contributed by atoms with Gasteiger partial charge in [-0.2, -0.15) is 5.26 Å². The Morgan fingerprint density at radius 2 is 1.67 bits per heavy atom. The van der Waals surface area contributed by atoms with Gasteiger partial charge >= 0.3 is 0 Å². The second kappa shape index (κ2) is 11.5. The fourth-order valence-corrected chi connectivity index (χ4v) is 4.21. The lowest BCUT2D eigenvalue weighted by molar-refractivity contribution is -0.118. The SMILES string of the molecule is Cc1ccc(NC(=O)COc2c(Br)cc(Br)cc2/C=C(\C#N)C(=O)Nc2ccccc2)cc1. The number of nitrogens with one attached hydrogen (secondary N) is 2.